The van der Waals surface area contributed by atoms with E-state index in [2.05, 4.69) is 44.1 Å². The molecule has 1 amide bonds. The first-order chi connectivity index (χ1) is 18.4. The highest BCUT2D eigenvalue weighted by atomic mass is 16.3. The maximum absolute atomic E-state index is 12.7. The van der Waals surface area contributed by atoms with E-state index in [1.54, 1.807) is 12.1 Å². The summed E-state index contributed by atoms with van der Waals surface area (Å²) < 4.78 is 0. The van der Waals surface area contributed by atoms with E-state index in [0.717, 1.165) is 43.6 Å². The molecule has 3 aromatic rings. The molecule has 8 nitrogen and oxygen atoms in total. The normalized spacial score (nSPS) is 15.0. The second-order valence-corrected chi connectivity index (χ2v) is 10.0. The van der Waals surface area contributed by atoms with Crippen molar-refractivity contribution in [3.05, 3.63) is 82.9 Å². The van der Waals surface area contributed by atoms with Gasteiger partial charge < -0.3 is 20.2 Å². The van der Waals surface area contributed by atoms with E-state index in [9.17, 15) is 15.2 Å². The monoisotopic (exact) mass is 512 g/mol. The van der Waals surface area contributed by atoms with Gasteiger partial charge in [-0.3, -0.25) is 4.79 Å². The highest BCUT2D eigenvalue weighted by Crippen LogP contribution is 2.28. The topological polar surface area (TPSA) is 105 Å². The third kappa shape index (κ3) is 6.67. The Bertz CT molecular complexity index is 1260. The van der Waals surface area contributed by atoms with Crippen LogP contribution in [0, 0.1) is 25.2 Å². The van der Waals surface area contributed by atoms with Crippen molar-refractivity contribution in [3.63, 3.8) is 0 Å². The molecule has 1 aromatic heterocycles. The minimum absolute atomic E-state index is 0.114. The number of nitriles is 1. The van der Waals surface area contributed by atoms with Gasteiger partial charge in [0.05, 0.1) is 28.6 Å². The summed E-state index contributed by atoms with van der Waals surface area (Å²) in [6.45, 7) is 9.13. The summed E-state index contributed by atoms with van der Waals surface area (Å²) in [5.41, 5.74) is 4.78. The van der Waals surface area contributed by atoms with Crippen LogP contribution in [0.5, 0.6) is 5.75 Å². The number of carbonyl (C=O) groups excluding carboxylic acids is 1. The zero-order valence-electron chi connectivity index (χ0n) is 22.4. The minimum atomic E-state index is -0.114. The summed E-state index contributed by atoms with van der Waals surface area (Å²) >= 11 is 0. The Morgan fingerprint density at radius 3 is 2.50 bits per heavy atom. The van der Waals surface area contributed by atoms with Crippen LogP contribution >= 0.6 is 0 Å². The van der Waals surface area contributed by atoms with Gasteiger partial charge in [-0.25, -0.2) is 9.97 Å². The van der Waals surface area contributed by atoms with Crippen LogP contribution in [-0.2, 0) is 6.54 Å². The van der Waals surface area contributed by atoms with Crippen molar-refractivity contribution >= 4 is 11.6 Å². The van der Waals surface area contributed by atoms with Gasteiger partial charge in [0.15, 0.2) is 0 Å². The number of hydrogen-bond donors (Lipinski definition) is 2. The van der Waals surface area contributed by atoms with Crippen LogP contribution < -0.4 is 10.2 Å². The van der Waals surface area contributed by atoms with E-state index in [1.807, 2.05) is 44.2 Å². The number of nitrogens with one attached hydrogen (secondary N) is 1. The maximum atomic E-state index is 12.7. The summed E-state index contributed by atoms with van der Waals surface area (Å²) in [4.78, 5) is 25.9. The smallest absolute Gasteiger partial charge is 0.254 e. The number of aromatic hydroxyl groups is 1. The number of phenolic OH excluding ortho intramolecular Hbond substituents is 1. The van der Waals surface area contributed by atoms with Crippen LogP contribution in [0.25, 0.3) is 0 Å². The van der Waals surface area contributed by atoms with Crippen molar-refractivity contribution in [2.24, 2.45) is 0 Å². The molecule has 0 aliphatic carbocycles. The molecule has 0 bridgehead atoms. The first-order valence-electron chi connectivity index (χ1n) is 13.2. The molecule has 0 spiro atoms. The van der Waals surface area contributed by atoms with Crippen molar-refractivity contribution < 1.29 is 9.90 Å². The molecule has 198 valence electrons. The quantitative estimate of drug-likeness (QED) is 0.439. The molecule has 1 unspecified atom stereocenters. The number of rotatable bonds is 9. The van der Waals surface area contributed by atoms with Crippen molar-refractivity contribution in [1.82, 2.24) is 20.2 Å². The summed E-state index contributed by atoms with van der Waals surface area (Å²) in [5, 5.41) is 22.2. The summed E-state index contributed by atoms with van der Waals surface area (Å²) in [6.07, 6.45) is 4.37. The van der Waals surface area contributed by atoms with Gasteiger partial charge in [-0.2, -0.15) is 5.26 Å². The largest absolute Gasteiger partial charge is 0.508 e. The average Bonchev–Trinajstić information content (AvgIpc) is 2.92. The number of anilines is 1. The van der Waals surface area contributed by atoms with E-state index in [0.29, 0.717) is 47.7 Å². The molecule has 0 radical (unpaired) electrons. The van der Waals surface area contributed by atoms with Crippen LogP contribution in [0.1, 0.15) is 59.1 Å². The Balaban J connectivity index is 1.34. The van der Waals surface area contributed by atoms with Gasteiger partial charge in [0.1, 0.15) is 12.1 Å². The molecule has 2 N–H and O–H groups in total. The standard InChI is InChI=1S/C30H36N6O2/c1-21(11-14-32-30(38)29-22(2)33-20-34-23(29)3)35-15-12-27(13-16-35)36(26-7-9-28(37)10-8-26)19-25-6-4-5-24(17-25)18-31/h4-10,17,20-21,27,37H,11-16,19H2,1-3H3,(H,32,38). The van der Waals surface area contributed by atoms with Crippen LogP contribution in [-0.4, -0.2) is 57.6 Å². The van der Waals surface area contributed by atoms with E-state index in [-0.39, 0.29) is 11.7 Å². The van der Waals surface area contributed by atoms with Crippen molar-refractivity contribution in [3.8, 4) is 11.8 Å². The number of carbonyl (C=O) groups is 1. The van der Waals surface area contributed by atoms with E-state index in [4.69, 9.17) is 0 Å². The molecule has 1 atom stereocenters. The fourth-order valence-electron chi connectivity index (χ4n) is 5.24. The number of hydrogen-bond acceptors (Lipinski definition) is 7. The second kappa shape index (κ2) is 12.5. The number of amides is 1. The molecule has 2 heterocycles. The lowest BCUT2D eigenvalue weighted by atomic mass is 9.99. The van der Waals surface area contributed by atoms with Crippen LogP contribution in [0.3, 0.4) is 0 Å². The van der Waals surface area contributed by atoms with Gasteiger partial charge in [0.25, 0.3) is 5.91 Å². The predicted octanol–water partition coefficient (Wildman–Crippen LogP) is 4.35. The van der Waals surface area contributed by atoms with Crippen molar-refractivity contribution in [2.45, 2.75) is 58.7 Å². The number of piperidine rings is 1. The highest BCUT2D eigenvalue weighted by molar-refractivity contribution is 5.96. The SMILES string of the molecule is Cc1ncnc(C)c1C(=O)NCCC(C)N1CCC(N(Cc2cccc(C#N)c2)c2ccc(O)cc2)CC1. The van der Waals surface area contributed by atoms with E-state index in [1.165, 1.54) is 6.33 Å². The zero-order chi connectivity index (χ0) is 27.1. The van der Waals surface area contributed by atoms with E-state index < -0.39 is 0 Å². The Morgan fingerprint density at radius 2 is 1.84 bits per heavy atom. The van der Waals surface area contributed by atoms with Crippen molar-refractivity contribution in [2.75, 3.05) is 24.5 Å². The maximum Gasteiger partial charge on any atom is 0.254 e. The van der Waals surface area contributed by atoms with Gasteiger partial charge in [0, 0.05) is 44.0 Å². The van der Waals surface area contributed by atoms with Crippen molar-refractivity contribution in [1.29, 1.82) is 5.26 Å². The van der Waals surface area contributed by atoms with Gasteiger partial charge in [-0.1, -0.05) is 12.1 Å². The Labute approximate surface area is 225 Å². The third-order valence-electron chi connectivity index (χ3n) is 7.45. The number of aryl methyl sites for hydroxylation is 2. The Kier molecular flexibility index (Phi) is 8.93. The van der Waals surface area contributed by atoms with Crippen LogP contribution in [0.2, 0.25) is 0 Å². The van der Waals surface area contributed by atoms with Crippen LogP contribution in [0.4, 0.5) is 5.69 Å². The zero-order valence-corrected chi connectivity index (χ0v) is 22.4. The first-order valence-corrected chi connectivity index (χ1v) is 13.2. The molecule has 38 heavy (non-hydrogen) atoms. The van der Waals surface area contributed by atoms with Crippen LogP contribution in [0.15, 0.2) is 54.9 Å². The second-order valence-electron chi connectivity index (χ2n) is 10.0. The number of likely N-dealkylation sites (tertiary alicyclic amines) is 1. The first kappa shape index (κ1) is 27.1. The molecule has 1 fully saturated rings. The Morgan fingerprint density at radius 1 is 1.16 bits per heavy atom. The number of nitrogens with zero attached hydrogens (tertiary/aromatic N) is 5. The van der Waals surface area contributed by atoms with Gasteiger partial charge >= 0.3 is 0 Å². The summed E-state index contributed by atoms with van der Waals surface area (Å²) in [6, 6.07) is 18.1. The molecule has 2 aromatic carbocycles. The number of phenols is 1. The molecule has 1 aliphatic rings. The lowest BCUT2D eigenvalue weighted by Gasteiger charge is -2.42. The molecule has 0 saturated carbocycles. The van der Waals surface area contributed by atoms with Gasteiger partial charge in [-0.05, 0) is 82.0 Å². The fourth-order valence-corrected chi connectivity index (χ4v) is 5.24. The number of benzene rings is 2. The Hall–Kier alpha value is -3.96. The average molecular weight is 513 g/mol. The fraction of sp³-hybridized carbons (Fsp3) is 0.400. The highest BCUT2D eigenvalue weighted by Gasteiger charge is 2.27. The van der Waals surface area contributed by atoms with Gasteiger partial charge in [0.2, 0.25) is 0 Å². The third-order valence-corrected chi connectivity index (χ3v) is 7.45. The lowest BCUT2D eigenvalue weighted by molar-refractivity contribution is 0.0943. The molecule has 1 aliphatic heterocycles. The van der Waals surface area contributed by atoms with Gasteiger partial charge in [-0.15, -0.1) is 0 Å². The molecule has 8 heteroatoms. The van der Waals surface area contributed by atoms with E-state index >= 15 is 0 Å². The summed E-state index contributed by atoms with van der Waals surface area (Å²) in [7, 11) is 0. The minimum Gasteiger partial charge on any atom is -0.508 e. The lowest BCUT2D eigenvalue weighted by Crippen LogP contribution is -2.48. The number of aromatic nitrogens is 2. The molecular weight excluding hydrogens is 476 g/mol. The molecular formula is C30H36N6O2. The predicted molar refractivity (Wildman–Crippen MR) is 148 cm³/mol. The summed E-state index contributed by atoms with van der Waals surface area (Å²) in [5.74, 6) is 0.137. The molecule has 1 saturated heterocycles. The molecule has 4 rings (SSSR count).